The molecule has 2 aromatic rings. The molecule has 1 aliphatic rings. The van der Waals surface area contributed by atoms with E-state index in [2.05, 4.69) is 41.4 Å². The molecular formula is C21H28N4O2. The zero-order valence-corrected chi connectivity index (χ0v) is 16.5. The molecule has 2 unspecified atom stereocenters. The summed E-state index contributed by atoms with van der Waals surface area (Å²) >= 11 is 0. The van der Waals surface area contributed by atoms with Gasteiger partial charge in [-0.25, -0.2) is 14.6 Å². The number of nitrogens with one attached hydrogen (secondary N) is 3. The molecule has 144 valence electrons. The third-order valence-electron chi connectivity index (χ3n) is 5.38. The van der Waals surface area contributed by atoms with Gasteiger partial charge in [-0.1, -0.05) is 26.8 Å². The number of carbonyl (C=O) groups is 1. The van der Waals surface area contributed by atoms with Gasteiger partial charge in [0.25, 0.3) is 0 Å². The van der Waals surface area contributed by atoms with Gasteiger partial charge in [-0.15, -0.1) is 0 Å². The number of isocyanates is 1. The van der Waals surface area contributed by atoms with Crippen molar-refractivity contribution in [3.63, 3.8) is 0 Å². The van der Waals surface area contributed by atoms with E-state index in [9.17, 15) is 9.59 Å². The summed E-state index contributed by atoms with van der Waals surface area (Å²) in [6.07, 6.45) is 4.32. The van der Waals surface area contributed by atoms with Gasteiger partial charge < -0.3 is 15.6 Å². The second kappa shape index (κ2) is 7.20. The summed E-state index contributed by atoms with van der Waals surface area (Å²) in [5.41, 5.74) is 2.80. The van der Waals surface area contributed by atoms with E-state index in [1.54, 1.807) is 6.08 Å². The summed E-state index contributed by atoms with van der Waals surface area (Å²) in [7, 11) is 0. The van der Waals surface area contributed by atoms with E-state index in [1.807, 2.05) is 31.2 Å². The van der Waals surface area contributed by atoms with Gasteiger partial charge in [0.2, 0.25) is 6.08 Å². The Hall–Kier alpha value is -2.59. The number of fused-ring (bicyclic) bond motifs is 1. The molecule has 0 radical (unpaired) electrons. The highest BCUT2D eigenvalue weighted by Crippen LogP contribution is 2.46. The van der Waals surface area contributed by atoms with Crippen LogP contribution < -0.4 is 10.6 Å². The number of aliphatic imine (C=N–C) groups is 1. The largest absolute Gasteiger partial charge is 0.359 e. The van der Waals surface area contributed by atoms with Gasteiger partial charge >= 0.3 is 6.03 Å². The van der Waals surface area contributed by atoms with Gasteiger partial charge in [0, 0.05) is 23.1 Å². The van der Waals surface area contributed by atoms with E-state index < -0.39 is 0 Å². The normalized spacial score (nSPS) is 24.2. The molecule has 1 aliphatic carbocycles. The first-order valence-corrected chi connectivity index (χ1v) is 9.40. The van der Waals surface area contributed by atoms with Gasteiger partial charge in [-0.05, 0) is 55.2 Å². The monoisotopic (exact) mass is 368 g/mol. The zero-order valence-electron chi connectivity index (χ0n) is 16.5. The van der Waals surface area contributed by atoms with Crippen LogP contribution in [-0.2, 0) is 4.79 Å². The van der Waals surface area contributed by atoms with E-state index in [0.29, 0.717) is 6.54 Å². The van der Waals surface area contributed by atoms with Crippen molar-refractivity contribution < 1.29 is 9.59 Å². The highest BCUT2D eigenvalue weighted by Gasteiger charge is 2.41. The van der Waals surface area contributed by atoms with E-state index in [-0.39, 0.29) is 22.9 Å². The van der Waals surface area contributed by atoms with Crippen molar-refractivity contribution in [3.8, 4) is 0 Å². The maximum absolute atomic E-state index is 12.5. The van der Waals surface area contributed by atoms with Crippen LogP contribution in [0.1, 0.15) is 45.7 Å². The number of nitrogens with zero attached hydrogens (tertiary/aromatic N) is 1. The van der Waals surface area contributed by atoms with Gasteiger partial charge in [0.05, 0.1) is 11.7 Å². The first kappa shape index (κ1) is 19.2. The lowest BCUT2D eigenvalue weighted by Crippen LogP contribution is -2.45. The van der Waals surface area contributed by atoms with E-state index >= 15 is 0 Å². The third-order valence-corrected chi connectivity index (χ3v) is 5.38. The van der Waals surface area contributed by atoms with E-state index in [1.165, 1.54) is 0 Å². The summed E-state index contributed by atoms with van der Waals surface area (Å²) < 4.78 is 0. The van der Waals surface area contributed by atoms with Crippen LogP contribution in [0.15, 0.2) is 29.3 Å². The fourth-order valence-corrected chi connectivity index (χ4v) is 4.74. The second-order valence-electron chi connectivity index (χ2n) is 8.96. The molecule has 6 nitrogen and oxygen atoms in total. The van der Waals surface area contributed by atoms with Crippen LogP contribution >= 0.6 is 0 Å². The number of aromatic nitrogens is 1. The lowest BCUT2D eigenvalue weighted by Gasteiger charge is -2.45. The van der Waals surface area contributed by atoms with Crippen LogP contribution in [0.25, 0.3) is 10.9 Å². The Morgan fingerprint density at radius 1 is 1.33 bits per heavy atom. The predicted octanol–water partition coefficient (Wildman–Crippen LogP) is 4.52. The average molecular weight is 368 g/mol. The molecule has 1 saturated carbocycles. The molecule has 27 heavy (non-hydrogen) atoms. The highest BCUT2D eigenvalue weighted by molar-refractivity contribution is 6.00. The van der Waals surface area contributed by atoms with Crippen molar-refractivity contribution >= 4 is 28.7 Å². The van der Waals surface area contributed by atoms with Crippen LogP contribution in [0.4, 0.5) is 10.5 Å². The molecule has 6 heteroatoms. The molecule has 1 aromatic heterocycles. The Kier molecular flexibility index (Phi) is 5.11. The highest BCUT2D eigenvalue weighted by atomic mass is 16.2. The minimum atomic E-state index is -0.221. The molecule has 3 rings (SSSR count). The lowest BCUT2D eigenvalue weighted by molar-refractivity contribution is 0.0855. The van der Waals surface area contributed by atoms with Crippen LogP contribution in [0.2, 0.25) is 0 Å². The van der Waals surface area contributed by atoms with Crippen molar-refractivity contribution in [2.45, 2.75) is 53.0 Å². The molecule has 0 bridgehead atoms. The number of amides is 2. The molecule has 2 amide bonds. The fraction of sp³-hybridized carbons (Fsp3) is 0.524. The maximum Gasteiger partial charge on any atom is 0.319 e. The van der Waals surface area contributed by atoms with Crippen LogP contribution in [0.3, 0.4) is 0 Å². The molecule has 1 aromatic carbocycles. The van der Waals surface area contributed by atoms with Crippen LogP contribution in [0.5, 0.6) is 0 Å². The Balaban J connectivity index is 1.66. The topological polar surface area (TPSA) is 86.3 Å². The summed E-state index contributed by atoms with van der Waals surface area (Å²) in [6, 6.07) is 7.58. The summed E-state index contributed by atoms with van der Waals surface area (Å²) in [5, 5.41) is 6.97. The average Bonchev–Trinajstić information content (AvgIpc) is 2.93. The Bertz CT molecular complexity index is 895. The number of aromatic amines is 1. The summed E-state index contributed by atoms with van der Waals surface area (Å²) in [6.45, 7) is 9.06. The number of rotatable bonds is 4. The molecule has 0 spiro atoms. The number of hydrogen-bond donors (Lipinski definition) is 3. The minimum Gasteiger partial charge on any atom is -0.359 e. The fourth-order valence-electron chi connectivity index (χ4n) is 4.74. The smallest absolute Gasteiger partial charge is 0.319 e. The van der Waals surface area contributed by atoms with Gasteiger partial charge in [-0.2, -0.15) is 0 Å². The van der Waals surface area contributed by atoms with Crippen LogP contribution in [-0.4, -0.2) is 29.7 Å². The maximum atomic E-state index is 12.5. The zero-order chi connectivity index (χ0) is 19.7. The number of H-pyrrole nitrogens is 1. The Morgan fingerprint density at radius 2 is 2.11 bits per heavy atom. The lowest BCUT2D eigenvalue weighted by atomic mass is 9.63. The number of hydrogen-bond acceptors (Lipinski definition) is 3. The van der Waals surface area contributed by atoms with Crippen molar-refractivity contribution in [1.82, 2.24) is 10.3 Å². The molecule has 0 aliphatic heterocycles. The predicted molar refractivity (Wildman–Crippen MR) is 108 cm³/mol. The summed E-state index contributed by atoms with van der Waals surface area (Å²) in [4.78, 5) is 30.4. The van der Waals surface area contributed by atoms with Crippen molar-refractivity contribution in [2.24, 2.45) is 15.8 Å². The Labute approximate surface area is 159 Å². The van der Waals surface area contributed by atoms with E-state index in [0.717, 1.165) is 41.5 Å². The number of anilines is 1. The standard InChI is InChI=1S/C21H28N4O2/c1-14-8-16-17(24-14)6-5-7-18(16)25-19(27)22-12-21(4)10-15(23-13-26)9-20(2,3)11-21/h5-8,15,24H,9-12H2,1-4H3,(H2,22,25,27). The number of carbonyl (C=O) groups excluding carboxylic acids is 2. The number of aryl methyl sites for hydroxylation is 1. The van der Waals surface area contributed by atoms with Crippen molar-refractivity contribution in [2.75, 3.05) is 11.9 Å². The third kappa shape index (κ3) is 4.58. The van der Waals surface area contributed by atoms with E-state index in [4.69, 9.17) is 0 Å². The molecule has 3 N–H and O–H groups in total. The van der Waals surface area contributed by atoms with Crippen molar-refractivity contribution in [1.29, 1.82) is 0 Å². The quantitative estimate of drug-likeness (QED) is 0.547. The molecule has 1 heterocycles. The summed E-state index contributed by atoms with van der Waals surface area (Å²) in [5.74, 6) is 0. The second-order valence-corrected chi connectivity index (χ2v) is 8.96. The minimum absolute atomic E-state index is 0.0299. The first-order chi connectivity index (χ1) is 12.7. The van der Waals surface area contributed by atoms with Crippen molar-refractivity contribution in [3.05, 3.63) is 30.0 Å². The molecule has 1 fully saturated rings. The van der Waals surface area contributed by atoms with Gasteiger partial charge in [-0.3, -0.25) is 0 Å². The number of benzene rings is 1. The molecular weight excluding hydrogens is 340 g/mol. The van der Waals surface area contributed by atoms with Crippen LogP contribution in [0, 0.1) is 17.8 Å². The number of urea groups is 1. The van der Waals surface area contributed by atoms with Gasteiger partial charge in [0.15, 0.2) is 0 Å². The molecule has 2 atom stereocenters. The first-order valence-electron chi connectivity index (χ1n) is 9.40. The van der Waals surface area contributed by atoms with Gasteiger partial charge in [0.1, 0.15) is 0 Å². The molecule has 0 saturated heterocycles. The SMILES string of the molecule is Cc1cc2c(NC(=O)NCC3(C)CC(N=C=O)CC(C)(C)C3)cccc2[nH]1. The Morgan fingerprint density at radius 3 is 2.85 bits per heavy atom.